The number of carbonyl (C=O) groups excluding carboxylic acids is 1. The van der Waals surface area contributed by atoms with Gasteiger partial charge in [0, 0.05) is 12.6 Å². The summed E-state index contributed by atoms with van der Waals surface area (Å²) in [6, 6.07) is 14.0. The molecule has 2 aromatic carbocycles. The summed E-state index contributed by atoms with van der Waals surface area (Å²) < 4.78 is 33.0. The number of hydrogen-bond acceptors (Lipinski definition) is 4. The van der Waals surface area contributed by atoms with Gasteiger partial charge in [0.15, 0.2) is 6.61 Å². The Bertz CT molecular complexity index is 867. The van der Waals surface area contributed by atoms with Crippen molar-refractivity contribution in [3.8, 4) is 5.75 Å². The van der Waals surface area contributed by atoms with Crippen molar-refractivity contribution >= 4 is 15.9 Å². The third-order valence-corrected chi connectivity index (χ3v) is 5.54. The van der Waals surface area contributed by atoms with Crippen LogP contribution in [0.5, 0.6) is 5.75 Å². The maximum atomic E-state index is 12.5. The zero-order chi connectivity index (χ0) is 19.9. The van der Waals surface area contributed by atoms with E-state index in [9.17, 15) is 13.2 Å². The lowest BCUT2D eigenvalue weighted by atomic mass is 10.2. The maximum Gasteiger partial charge on any atom is 0.258 e. The summed E-state index contributed by atoms with van der Waals surface area (Å²) in [6.07, 6.45) is 0.841. The Balaban J connectivity index is 1.99. The molecule has 2 aromatic rings. The molecule has 2 N–H and O–H groups in total. The Labute approximate surface area is 161 Å². The van der Waals surface area contributed by atoms with Crippen LogP contribution >= 0.6 is 0 Å². The van der Waals surface area contributed by atoms with Crippen molar-refractivity contribution in [2.24, 2.45) is 0 Å². The number of rotatable bonds is 9. The molecular weight excluding hydrogens is 364 g/mol. The van der Waals surface area contributed by atoms with Crippen molar-refractivity contribution in [3.05, 3.63) is 59.7 Å². The lowest BCUT2D eigenvalue weighted by Crippen LogP contribution is -2.35. The fourth-order valence-corrected chi connectivity index (χ4v) is 3.47. The summed E-state index contributed by atoms with van der Waals surface area (Å²) in [5.74, 6) is 0.279. The van der Waals surface area contributed by atoms with E-state index in [-0.39, 0.29) is 30.0 Å². The first-order chi connectivity index (χ1) is 12.8. The SMILES string of the molecule is CC[C@@H](C)NC(=O)COc1ccc(S(=O)(=O)NCc2ccccc2)cc1C. The van der Waals surface area contributed by atoms with E-state index in [1.165, 1.54) is 12.1 Å². The highest BCUT2D eigenvalue weighted by atomic mass is 32.2. The molecule has 0 aliphatic heterocycles. The first kappa shape index (κ1) is 20.9. The largest absolute Gasteiger partial charge is 0.484 e. The van der Waals surface area contributed by atoms with Crippen LogP contribution in [0.1, 0.15) is 31.4 Å². The summed E-state index contributed by atoms with van der Waals surface area (Å²) in [4.78, 5) is 12.0. The number of carbonyl (C=O) groups is 1. The summed E-state index contributed by atoms with van der Waals surface area (Å²) in [7, 11) is -3.63. The second kappa shape index (κ2) is 9.53. The first-order valence-electron chi connectivity index (χ1n) is 8.88. The highest BCUT2D eigenvalue weighted by molar-refractivity contribution is 7.89. The summed E-state index contributed by atoms with van der Waals surface area (Å²) >= 11 is 0. The molecule has 0 fully saturated rings. The van der Waals surface area contributed by atoms with Crippen LogP contribution in [0.2, 0.25) is 0 Å². The van der Waals surface area contributed by atoms with E-state index in [0.717, 1.165) is 12.0 Å². The third-order valence-electron chi connectivity index (χ3n) is 4.14. The van der Waals surface area contributed by atoms with Crippen LogP contribution in [-0.4, -0.2) is 27.0 Å². The van der Waals surface area contributed by atoms with Gasteiger partial charge in [-0.3, -0.25) is 4.79 Å². The van der Waals surface area contributed by atoms with Crippen LogP contribution in [0.15, 0.2) is 53.4 Å². The number of nitrogens with one attached hydrogen (secondary N) is 2. The number of ether oxygens (including phenoxy) is 1. The molecule has 2 rings (SSSR count). The van der Waals surface area contributed by atoms with Crippen molar-refractivity contribution in [1.29, 1.82) is 0 Å². The van der Waals surface area contributed by atoms with Gasteiger partial charge in [0.05, 0.1) is 4.90 Å². The zero-order valence-corrected chi connectivity index (χ0v) is 16.7. The fraction of sp³-hybridized carbons (Fsp3) is 0.350. The number of hydrogen-bond donors (Lipinski definition) is 2. The van der Waals surface area contributed by atoms with E-state index in [1.807, 2.05) is 44.2 Å². The summed E-state index contributed by atoms with van der Waals surface area (Å²) in [5, 5.41) is 2.82. The number of amides is 1. The predicted octanol–water partition coefficient (Wildman–Crippen LogP) is 2.77. The van der Waals surface area contributed by atoms with Gasteiger partial charge in [-0.15, -0.1) is 0 Å². The van der Waals surface area contributed by atoms with Gasteiger partial charge < -0.3 is 10.1 Å². The van der Waals surface area contributed by atoms with E-state index in [4.69, 9.17) is 4.74 Å². The Hall–Kier alpha value is -2.38. The number of benzene rings is 2. The molecule has 0 aliphatic rings. The van der Waals surface area contributed by atoms with Crippen LogP contribution in [0.3, 0.4) is 0 Å². The quantitative estimate of drug-likeness (QED) is 0.690. The van der Waals surface area contributed by atoms with Crippen LogP contribution in [0.4, 0.5) is 0 Å². The lowest BCUT2D eigenvalue weighted by molar-refractivity contribution is -0.123. The van der Waals surface area contributed by atoms with E-state index in [2.05, 4.69) is 10.0 Å². The molecule has 6 nitrogen and oxygen atoms in total. The zero-order valence-electron chi connectivity index (χ0n) is 15.9. The molecular formula is C20H26N2O4S. The van der Waals surface area contributed by atoms with Crippen molar-refractivity contribution < 1.29 is 17.9 Å². The van der Waals surface area contributed by atoms with Gasteiger partial charge >= 0.3 is 0 Å². The topological polar surface area (TPSA) is 84.5 Å². The van der Waals surface area contributed by atoms with Gasteiger partial charge in [-0.05, 0) is 49.6 Å². The molecule has 1 atom stereocenters. The summed E-state index contributed by atoms with van der Waals surface area (Å²) in [5.41, 5.74) is 1.53. The van der Waals surface area contributed by atoms with Crippen LogP contribution < -0.4 is 14.8 Å². The first-order valence-corrected chi connectivity index (χ1v) is 10.4. The standard InChI is InChI=1S/C20H26N2O4S/c1-4-16(3)22-20(23)14-26-19-11-10-18(12-15(19)2)27(24,25)21-13-17-8-6-5-7-9-17/h5-12,16,21H,4,13-14H2,1-3H3,(H,22,23)/t16-/m1/s1. The van der Waals surface area contributed by atoms with Gasteiger partial charge in [0.2, 0.25) is 10.0 Å². The lowest BCUT2D eigenvalue weighted by Gasteiger charge is -2.14. The molecule has 0 saturated carbocycles. The van der Waals surface area contributed by atoms with Gasteiger partial charge in [-0.1, -0.05) is 37.3 Å². The molecule has 0 bridgehead atoms. The van der Waals surface area contributed by atoms with Crippen molar-refractivity contribution in [2.45, 2.75) is 44.7 Å². The predicted molar refractivity (Wildman–Crippen MR) is 105 cm³/mol. The molecule has 7 heteroatoms. The molecule has 0 spiro atoms. The van der Waals surface area contributed by atoms with Gasteiger partial charge in [0.1, 0.15) is 5.75 Å². The molecule has 0 aromatic heterocycles. The Morgan fingerprint density at radius 2 is 1.85 bits per heavy atom. The number of sulfonamides is 1. The molecule has 0 unspecified atom stereocenters. The monoisotopic (exact) mass is 390 g/mol. The average Bonchev–Trinajstić information content (AvgIpc) is 2.66. The van der Waals surface area contributed by atoms with Crippen LogP contribution in [0.25, 0.3) is 0 Å². The van der Waals surface area contributed by atoms with Crippen LogP contribution in [0, 0.1) is 6.92 Å². The maximum absolute atomic E-state index is 12.5. The molecule has 0 aliphatic carbocycles. The van der Waals surface area contributed by atoms with E-state index >= 15 is 0 Å². The van der Waals surface area contributed by atoms with Crippen molar-refractivity contribution in [1.82, 2.24) is 10.0 Å². The van der Waals surface area contributed by atoms with Gasteiger partial charge in [0.25, 0.3) is 5.91 Å². The minimum absolute atomic E-state index is 0.0883. The molecule has 0 saturated heterocycles. The third kappa shape index (κ3) is 6.37. The minimum Gasteiger partial charge on any atom is -0.484 e. The van der Waals surface area contributed by atoms with E-state index < -0.39 is 10.0 Å². The molecule has 0 radical (unpaired) electrons. The molecule has 146 valence electrons. The normalized spacial score (nSPS) is 12.4. The average molecular weight is 391 g/mol. The van der Waals surface area contributed by atoms with Gasteiger partial charge in [-0.25, -0.2) is 13.1 Å². The van der Waals surface area contributed by atoms with Crippen molar-refractivity contribution in [2.75, 3.05) is 6.61 Å². The smallest absolute Gasteiger partial charge is 0.258 e. The highest BCUT2D eigenvalue weighted by Gasteiger charge is 2.16. The second-order valence-electron chi connectivity index (χ2n) is 6.40. The fourth-order valence-electron chi connectivity index (χ4n) is 2.37. The Morgan fingerprint density at radius 1 is 1.15 bits per heavy atom. The molecule has 0 heterocycles. The highest BCUT2D eigenvalue weighted by Crippen LogP contribution is 2.22. The van der Waals surface area contributed by atoms with Gasteiger partial charge in [-0.2, -0.15) is 0 Å². The minimum atomic E-state index is -3.63. The van der Waals surface area contributed by atoms with E-state index in [0.29, 0.717) is 11.3 Å². The van der Waals surface area contributed by atoms with Crippen LogP contribution in [-0.2, 0) is 21.4 Å². The Morgan fingerprint density at radius 3 is 2.48 bits per heavy atom. The molecule has 27 heavy (non-hydrogen) atoms. The Kier molecular flexibility index (Phi) is 7.38. The number of aryl methyl sites for hydroxylation is 1. The second-order valence-corrected chi connectivity index (χ2v) is 8.17. The summed E-state index contributed by atoms with van der Waals surface area (Å²) in [6.45, 7) is 5.77. The van der Waals surface area contributed by atoms with E-state index in [1.54, 1.807) is 13.0 Å². The molecule has 1 amide bonds. The van der Waals surface area contributed by atoms with Crippen molar-refractivity contribution in [3.63, 3.8) is 0 Å².